The van der Waals surface area contributed by atoms with Crippen LogP contribution in [0.25, 0.3) is 0 Å². The number of nitrogens with two attached hydrogens (primary N) is 1. The molecule has 0 amide bonds. The van der Waals surface area contributed by atoms with Crippen molar-refractivity contribution in [3.05, 3.63) is 23.9 Å². The molecule has 4 nitrogen and oxygen atoms in total. The first-order chi connectivity index (χ1) is 9.12. The molecule has 1 aromatic heterocycles. The lowest BCUT2D eigenvalue weighted by Crippen LogP contribution is -2.52. The molecular formula is C15H26N4. The summed E-state index contributed by atoms with van der Waals surface area (Å²) >= 11 is 0. The van der Waals surface area contributed by atoms with Crippen LogP contribution in [0.15, 0.2) is 18.3 Å². The molecule has 19 heavy (non-hydrogen) atoms. The number of aromatic nitrogens is 1. The Morgan fingerprint density at radius 2 is 2.11 bits per heavy atom. The SMILES string of the molecule is CCNC(c1cccnc1N)C1(N(C)C)CCCC1. The number of rotatable bonds is 5. The van der Waals surface area contributed by atoms with Crippen LogP contribution in [-0.4, -0.2) is 36.1 Å². The predicted molar refractivity (Wildman–Crippen MR) is 80.0 cm³/mol. The fourth-order valence-electron chi connectivity index (χ4n) is 3.45. The van der Waals surface area contributed by atoms with E-state index < -0.39 is 0 Å². The van der Waals surface area contributed by atoms with Crippen LogP contribution in [0.4, 0.5) is 5.82 Å². The molecule has 1 unspecified atom stereocenters. The molecule has 0 aromatic carbocycles. The number of nitrogens with one attached hydrogen (secondary N) is 1. The number of hydrogen-bond donors (Lipinski definition) is 2. The van der Waals surface area contributed by atoms with Crippen LogP contribution in [0.1, 0.15) is 44.2 Å². The van der Waals surface area contributed by atoms with Crippen molar-refractivity contribution in [1.82, 2.24) is 15.2 Å². The number of nitrogen functional groups attached to an aromatic ring is 1. The van der Waals surface area contributed by atoms with E-state index in [1.165, 1.54) is 25.7 Å². The van der Waals surface area contributed by atoms with Crippen molar-refractivity contribution in [2.75, 3.05) is 26.4 Å². The minimum absolute atomic E-state index is 0.160. The van der Waals surface area contributed by atoms with Gasteiger partial charge in [-0.3, -0.25) is 0 Å². The van der Waals surface area contributed by atoms with Gasteiger partial charge in [-0.05, 0) is 39.5 Å². The fraction of sp³-hybridized carbons (Fsp3) is 0.667. The van der Waals surface area contributed by atoms with Gasteiger partial charge in [-0.1, -0.05) is 25.8 Å². The lowest BCUT2D eigenvalue weighted by atomic mass is 9.82. The summed E-state index contributed by atoms with van der Waals surface area (Å²) < 4.78 is 0. The predicted octanol–water partition coefficient (Wildman–Crippen LogP) is 2.19. The number of likely N-dealkylation sites (N-methyl/N-ethyl adjacent to an activating group) is 2. The highest BCUT2D eigenvalue weighted by atomic mass is 15.2. The Morgan fingerprint density at radius 3 is 2.63 bits per heavy atom. The highest BCUT2D eigenvalue weighted by Gasteiger charge is 2.44. The summed E-state index contributed by atoms with van der Waals surface area (Å²) in [4.78, 5) is 6.64. The minimum Gasteiger partial charge on any atom is -0.383 e. The van der Waals surface area contributed by atoms with Crippen molar-refractivity contribution >= 4 is 5.82 Å². The number of anilines is 1. The molecule has 0 aliphatic heterocycles. The maximum Gasteiger partial charge on any atom is 0.128 e. The molecule has 1 heterocycles. The van der Waals surface area contributed by atoms with E-state index in [1.54, 1.807) is 6.20 Å². The lowest BCUT2D eigenvalue weighted by Gasteiger charge is -2.44. The molecule has 1 fully saturated rings. The molecule has 1 atom stereocenters. The highest BCUT2D eigenvalue weighted by molar-refractivity contribution is 5.43. The van der Waals surface area contributed by atoms with E-state index in [0.29, 0.717) is 5.82 Å². The average Bonchev–Trinajstić information content (AvgIpc) is 2.87. The summed E-state index contributed by atoms with van der Waals surface area (Å²) in [5, 5.41) is 3.64. The van der Waals surface area contributed by atoms with Gasteiger partial charge in [0.05, 0.1) is 6.04 Å². The van der Waals surface area contributed by atoms with Crippen molar-refractivity contribution < 1.29 is 0 Å². The topological polar surface area (TPSA) is 54.2 Å². The second-order valence-corrected chi connectivity index (χ2v) is 5.67. The van der Waals surface area contributed by atoms with Crippen molar-refractivity contribution in [3.63, 3.8) is 0 Å². The maximum absolute atomic E-state index is 6.11. The van der Waals surface area contributed by atoms with Gasteiger partial charge in [-0.2, -0.15) is 0 Å². The van der Waals surface area contributed by atoms with Gasteiger partial charge in [-0.15, -0.1) is 0 Å². The van der Waals surface area contributed by atoms with Gasteiger partial charge in [0.25, 0.3) is 0 Å². The van der Waals surface area contributed by atoms with Gasteiger partial charge in [0, 0.05) is 17.3 Å². The van der Waals surface area contributed by atoms with E-state index >= 15 is 0 Å². The third-order valence-corrected chi connectivity index (χ3v) is 4.49. The van der Waals surface area contributed by atoms with E-state index in [4.69, 9.17) is 5.73 Å². The van der Waals surface area contributed by atoms with Gasteiger partial charge >= 0.3 is 0 Å². The van der Waals surface area contributed by atoms with Crippen LogP contribution in [0, 0.1) is 0 Å². The zero-order valence-electron chi connectivity index (χ0n) is 12.3. The van der Waals surface area contributed by atoms with E-state index in [9.17, 15) is 0 Å². The second kappa shape index (κ2) is 5.88. The van der Waals surface area contributed by atoms with Crippen LogP contribution in [0.5, 0.6) is 0 Å². The summed E-state index contributed by atoms with van der Waals surface area (Å²) in [7, 11) is 4.37. The normalized spacial score (nSPS) is 19.8. The van der Waals surface area contributed by atoms with Gasteiger partial charge < -0.3 is 16.0 Å². The first-order valence-corrected chi connectivity index (χ1v) is 7.23. The highest BCUT2D eigenvalue weighted by Crippen LogP contribution is 2.44. The number of hydrogen-bond acceptors (Lipinski definition) is 4. The van der Waals surface area contributed by atoms with E-state index in [-0.39, 0.29) is 11.6 Å². The molecule has 0 bridgehead atoms. The van der Waals surface area contributed by atoms with E-state index in [0.717, 1.165) is 12.1 Å². The molecule has 4 heteroatoms. The Bertz CT molecular complexity index is 410. The molecule has 2 rings (SSSR count). The molecular weight excluding hydrogens is 236 g/mol. The van der Waals surface area contributed by atoms with E-state index in [2.05, 4.69) is 42.3 Å². The van der Waals surface area contributed by atoms with Gasteiger partial charge in [0.1, 0.15) is 5.82 Å². The third kappa shape index (κ3) is 2.60. The van der Waals surface area contributed by atoms with Crippen molar-refractivity contribution in [1.29, 1.82) is 0 Å². The summed E-state index contributed by atoms with van der Waals surface area (Å²) in [6, 6.07) is 4.34. The van der Waals surface area contributed by atoms with Crippen molar-refractivity contribution in [2.45, 2.75) is 44.2 Å². The average molecular weight is 262 g/mol. The lowest BCUT2D eigenvalue weighted by molar-refractivity contribution is 0.105. The van der Waals surface area contributed by atoms with Gasteiger partial charge in [-0.25, -0.2) is 4.98 Å². The quantitative estimate of drug-likeness (QED) is 0.854. The molecule has 0 radical (unpaired) electrons. The molecule has 1 aliphatic carbocycles. The molecule has 0 spiro atoms. The maximum atomic E-state index is 6.11. The summed E-state index contributed by atoms with van der Waals surface area (Å²) in [5.41, 5.74) is 7.41. The molecule has 3 N–H and O–H groups in total. The Labute approximate surface area is 116 Å². The van der Waals surface area contributed by atoms with Crippen LogP contribution in [0.3, 0.4) is 0 Å². The minimum atomic E-state index is 0.160. The zero-order valence-corrected chi connectivity index (χ0v) is 12.3. The van der Waals surface area contributed by atoms with Crippen LogP contribution >= 0.6 is 0 Å². The monoisotopic (exact) mass is 262 g/mol. The largest absolute Gasteiger partial charge is 0.383 e. The smallest absolute Gasteiger partial charge is 0.128 e. The van der Waals surface area contributed by atoms with Crippen LogP contribution in [-0.2, 0) is 0 Å². The Balaban J connectivity index is 2.41. The summed E-state index contributed by atoms with van der Waals surface area (Å²) in [5.74, 6) is 0.654. The molecule has 1 aromatic rings. The van der Waals surface area contributed by atoms with Crippen LogP contribution in [0.2, 0.25) is 0 Å². The van der Waals surface area contributed by atoms with Gasteiger partial charge in [0.2, 0.25) is 0 Å². The fourth-order valence-corrected chi connectivity index (χ4v) is 3.45. The third-order valence-electron chi connectivity index (χ3n) is 4.49. The summed E-state index contributed by atoms with van der Waals surface area (Å²) in [6.07, 6.45) is 6.78. The van der Waals surface area contributed by atoms with Crippen molar-refractivity contribution in [2.24, 2.45) is 0 Å². The van der Waals surface area contributed by atoms with E-state index in [1.807, 2.05) is 6.07 Å². The Hall–Kier alpha value is -1.13. The first kappa shape index (κ1) is 14.3. The number of pyridine rings is 1. The molecule has 1 saturated carbocycles. The van der Waals surface area contributed by atoms with Crippen molar-refractivity contribution in [3.8, 4) is 0 Å². The Kier molecular flexibility index (Phi) is 4.42. The second-order valence-electron chi connectivity index (χ2n) is 5.67. The first-order valence-electron chi connectivity index (χ1n) is 7.23. The van der Waals surface area contributed by atoms with Gasteiger partial charge in [0.15, 0.2) is 0 Å². The standard InChI is InChI=1S/C15H26N4/c1-4-17-13(12-8-7-11-18-14(12)16)15(19(2)3)9-5-6-10-15/h7-8,11,13,17H,4-6,9-10H2,1-3H3,(H2,16,18). The number of nitrogens with zero attached hydrogens (tertiary/aromatic N) is 2. The summed E-state index contributed by atoms with van der Waals surface area (Å²) in [6.45, 7) is 3.09. The molecule has 1 aliphatic rings. The Morgan fingerprint density at radius 1 is 1.42 bits per heavy atom. The molecule has 0 saturated heterocycles. The molecule has 106 valence electrons. The zero-order chi connectivity index (χ0) is 13.9. The van der Waals surface area contributed by atoms with Crippen LogP contribution < -0.4 is 11.1 Å².